The van der Waals surface area contributed by atoms with E-state index in [-0.39, 0.29) is 18.5 Å². The van der Waals surface area contributed by atoms with Crippen LogP contribution in [0.25, 0.3) is 21.9 Å². The first kappa shape index (κ1) is 18.8. The van der Waals surface area contributed by atoms with Crippen molar-refractivity contribution in [2.45, 2.75) is 25.9 Å². The Morgan fingerprint density at radius 3 is 2.81 bits per heavy atom. The predicted octanol–water partition coefficient (Wildman–Crippen LogP) is 4.40. The highest BCUT2D eigenvalue weighted by molar-refractivity contribution is 5.87. The first-order chi connectivity index (χ1) is 15.7. The SMILES string of the molecule is Cc1cccc(C2c3[nH]c4ccccc4c3CCN2C(=O)Cn2cnc3ccccc32)n1. The van der Waals surface area contributed by atoms with Crippen molar-refractivity contribution in [1.82, 2.24) is 24.4 Å². The number of para-hydroxylation sites is 3. The lowest BCUT2D eigenvalue weighted by atomic mass is 9.94. The second kappa shape index (κ2) is 7.34. The van der Waals surface area contributed by atoms with Crippen LogP contribution >= 0.6 is 0 Å². The molecule has 0 saturated carbocycles. The Labute approximate surface area is 185 Å². The van der Waals surface area contributed by atoms with E-state index >= 15 is 0 Å². The summed E-state index contributed by atoms with van der Waals surface area (Å²) in [5, 5.41) is 1.23. The van der Waals surface area contributed by atoms with Crippen LogP contribution in [0.5, 0.6) is 0 Å². The van der Waals surface area contributed by atoms with Gasteiger partial charge in [-0.1, -0.05) is 36.4 Å². The highest BCUT2D eigenvalue weighted by Gasteiger charge is 2.35. The van der Waals surface area contributed by atoms with E-state index in [0.29, 0.717) is 6.54 Å². The number of rotatable bonds is 3. The van der Waals surface area contributed by atoms with Gasteiger partial charge in [0, 0.05) is 28.8 Å². The van der Waals surface area contributed by atoms with Gasteiger partial charge in [0.05, 0.1) is 23.1 Å². The van der Waals surface area contributed by atoms with E-state index in [9.17, 15) is 4.79 Å². The average Bonchev–Trinajstić information content (AvgIpc) is 3.40. The molecule has 0 aliphatic carbocycles. The van der Waals surface area contributed by atoms with Crippen molar-refractivity contribution in [2.75, 3.05) is 6.54 Å². The lowest BCUT2D eigenvalue weighted by molar-refractivity contribution is -0.134. The van der Waals surface area contributed by atoms with Gasteiger partial charge in [-0.2, -0.15) is 0 Å². The fraction of sp³-hybridized carbons (Fsp3) is 0.192. The lowest BCUT2D eigenvalue weighted by Crippen LogP contribution is -2.42. The topological polar surface area (TPSA) is 66.8 Å². The first-order valence-corrected chi connectivity index (χ1v) is 10.9. The number of nitrogens with zero attached hydrogens (tertiary/aromatic N) is 4. The summed E-state index contributed by atoms with van der Waals surface area (Å²) in [6, 6.07) is 22.0. The van der Waals surface area contributed by atoms with Crippen LogP contribution in [0.1, 0.15) is 28.7 Å². The van der Waals surface area contributed by atoms with Crippen LogP contribution in [-0.4, -0.2) is 36.9 Å². The van der Waals surface area contributed by atoms with E-state index < -0.39 is 0 Å². The molecular formula is C26H23N5O. The Kier molecular flexibility index (Phi) is 4.31. The molecule has 0 fully saturated rings. The summed E-state index contributed by atoms with van der Waals surface area (Å²) in [5.41, 5.74) is 7.15. The summed E-state index contributed by atoms with van der Waals surface area (Å²) in [4.78, 5) is 28.5. The van der Waals surface area contributed by atoms with E-state index in [1.165, 1.54) is 10.9 Å². The van der Waals surface area contributed by atoms with Gasteiger partial charge in [0.25, 0.3) is 0 Å². The van der Waals surface area contributed by atoms with E-state index in [4.69, 9.17) is 4.98 Å². The second-order valence-corrected chi connectivity index (χ2v) is 8.37. The summed E-state index contributed by atoms with van der Waals surface area (Å²) in [7, 11) is 0. The minimum atomic E-state index is -0.242. The van der Waals surface area contributed by atoms with Crippen molar-refractivity contribution < 1.29 is 4.79 Å². The first-order valence-electron chi connectivity index (χ1n) is 10.9. The number of benzene rings is 2. The van der Waals surface area contributed by atoms with Crippen molar-refractivity contribution in [3.05, 3.63) is 95.7 Å². The summed E-state index contributed by atoms with van der Waals surface area (Å²) in [6.07, 6.45) is 2.57. The zero-order valence-corrected chi connectivity index (χ0v) is 17.8. The lowest BCUT2D eigenvalue weighted by Gasteiger charge is -2.36. The number of aromatic amines is 1. The highest BCUT2D eigenvalue weighted by Crippen LogP contribution is 2.38. The molecule has 0 spiro atoms. The molecular weight excluding hydrogens is 398 g/mol. The molecule has 1 unspecified atom stereocenters. The largest absolute Gasteiger partial charge is 0.356 e. The van der Waals surface area contributed by atoms with Gasteiger partial charge in [-0.15, -0.1) is 0 Å². The third kappa shape index (κ3) is 2.99. The molecule has 1 atom stereocenters. The van der Waals surface area contributed by atoms with Gasteiger partial charge < -0.3 is 14.5 Å². The number of nitrogens with one attached hydrogen (secondary N) is 1. The van der Waals surface area contributed by atoms with Crippen molar-refractivity contribution >= 4 is 27.8 Å². The molecule has 6 nitrogen and oxygen atoms in total. The number of H-pyrrole nitrogens is 1. The number of aromatic nitrogens is 4. The molecule has 0 bridgehead atoms. The van der Waals surface area contributed by atoms with Crippen molar-refractivity contribution in [3.8, 4) is 0 Å². The van der Waals surface area contributed by atoms with Gasteiger partial charge in [-0.3, -0.25) is 9.78 Å². The third-order valence-electron chi connectivity index (χ3n) is 6.38. The normalized spacial score (nSPS) is 15.9. The Morgan fingerprint density at radius 2 is 1.91 bits per heavy atom. The van der Waals surface area contributed by atoms with Crippen LogP contribution in [0.3, 0.4) is 0 Å². The molecule has 1 aliphatic rings. The van der Waals surface area contributed by atoms with Crippen molar-refractivity contribution in [1.29, 1.82) is 0 Å². The Balaban J connectivity index is 1.43. The Morgan fingerprint density at radius 1 is 1.06 bits per heavy atom. The molecule has 2 aromatic carbocycles. The van der Waals surface area contributed by atoms with E-state index in [1.54, 1.807) is 6.33 Å². The molecule has 5 aromatic rings. The maximum atomic E-state index is 13.6. The number of carbonyl (C=O) groups excluding carboxylic acids is 1. The zero-order valence-electron chi connectivity index (χ0n) is 17.8. The summed E-state index contributed by atoms with van der Waals surface area (Å²) in [6.45, 7) is 2.89. The number of aryl methyl sites for hydroxylation is 1. The molecule has 6 rings (SSSR count). The highest BCUT2D eigenvalue weighted by atomic mass is 16.2. The van der Waals surface area contributed by atoms with Crippen LogP contribution in [0.4, 0.5) is 0 Å². The fourth-order valence-electron chi connectivity index (χ4n) is 4.91. The molecule has 0 radical (unpaired) electrons. The maximum absolute atomic E-state index is 13.6. The Bertz CT molecular complexity index is 1460. The number of imidazole rings is 1. The molecule has 3 aromatic heterocycles. The standard InChI is InChI=1S/C26H23N5O/c1-17-7-6-11-22(28-17)26-25-19(18-8-2-3-9-20(18)29-25)13-14-31(26)24(32)15-30-16-27-21-10-4-5-12-23(21)30/h2-12,16,26,29H,13-15H2,1H3. The number of pyridine rings is 1. The summed E-state index contributed by atoms with van der Waals surface area (Å²) >= 11 is 0. The van der Waals surface area contributed by atoms with Crippen LogP contribution in [0.15, 0.2) is 73.1 Å². The van der Waals surface area contributed by atoms with Crippen LogP contribution in [0.2, 0.25) is 0 Å². The molecule has 6 heteroatoms. The van der Waals surface area contributed by atoms with Gasteiger partial charge in [0.1, 0.15) is 12.6 Å². The molecule has 1 N–H and O–H groups in total. The number of amides is 1. The molecule has 1 aliphatic heterocycles. The number of hydrogen-bond acceptors (Lipinski definition) is 3. The summed E-state index contributed by atoms with van der Waals surface area (Å²) < 4.78 is 1.93. The molecule has 32 heavy (non-hydrogen) atoms. The Hall–Kier alpha value is -3.93. The van der Waals surface area contributed by atoms with Gasteiger partial charge in [-0.25, -0.2) is 4.98 Å². The van der Waals surface area contributed by atoms with Gasteiger partial charge in [0.2, 0.25) is 5.91 Å². The van der Waals surface area contributed by atoms with E-state index in [2.05, 4.69) is 28.2 Å². The fourth-order valence-corrected chi connectivity index (χ4v) is 4.91. The van der Waals surface area contributed by atoms with Gasteiger partial charge in [-0.05, 0) is 49.2 Å². The van der Waals surface area contributed by atoms with Gasteiger partial charge in [0.15, 0.2) is 0 Å². The molecule has 4 heterocycles. The molecule has 0 saturated heterocycles. The number of carbonyl (C=O) groups is 1. The smallest absolute Gasteiger partial charge is 0.243 e. The predicted molar refractivity (Wildman–Crippen MR) is 124 cm³/mol. The second-order valence-electron chi connectivity index (χ2n) is 8.37. The average molecular weight is 422 g/mol. The number of hydrogen-bond donors (Lipinski definition) is 1. The zero-order chi connectivity index (χ0) is 21.7. The van der Waals surface area contributed by atoms with E-state index in [0.717, 1.165) is 40.1 Å². The molecule has 1 amide bonds. The molecule has 158 valence electrons. The summed E-state index contributed by atoms with van der Waals surface area (Å²) in [5.74, 6) is 0.0609. The third-order valence-corrected chi connectivity index (χ3v) is 6.38. The minimum absolute atomic E-state index is 0.0609. The van der Waals surface area contributed by atoms with E-state index in [1.807, 2.05) is 64.9 Å². The number of fused-ring (bicyclic) bond motifs is 4. The maximum Gasteiger partial charge on any atom is 0.243 e. The van der Waals surface area contributed by atoms with Crippen LogP contribution in [-0.2, 0) is 17.8 Å². The van der Waals surface area contributed by atoms with Gasteiger partial charge >= 0.3 is 0 Å². The monoisotopic (exact) mass is 421 g/mol. The van der Waals surface area contributed by atoms with Crippen LogP contribution < -0.4 is 0 Å². The quantitative estimate of drug-likeness (QED) is 0.470. The van der Waals surface area contributed by atoms with Crippen LogP contribution in [0, 0.1) is 6.92 Å². The minimum Gasteiger partial charge on any atom is -0.356 e. The van der Waals surface area contributed by atoms with Crippen molar-refractivity contribution in [3.63, 3.8) is 0 Å². The van der Waals surface area contributed by atoms with Crippen molar-refractivity contribution in [2.24, 2.45) is 0 Å².